The van der Waals surface area contributed by atoms with E-state index in [1.54, 1.807) is 0 Å². The summed E-state index contributed by atoms with van der Waals surface area (Å²) in [6.07, 6.45) is 2.18. The summed E-state index contributed by atoms with van der Waals surface area (Å²) in [5.74, 6) is 0.742. The maximum absolute atomic E-state index is 12.0. The van der Waals surface area contributed by atoms with Gasteiger partial charge in [-0.15, -0.1) is 0 Å². The smallest absolute Gasteiger partial charge is 0.321 e. The van der Waals surface area contributed by atoms with Crippen molar-refractivity contribution in [3.8, 4) is 5.75 Å². The number of nitrogens with one attached hydrogen (secondary N) is 2. The van der Waals surface area contributed by atoms with E-state index in [0.29, 0.717) is 0 Å². The van der Waals surface area contributed by atoms with E-state index in [-0.39, 0.29) is 12.8 Å². The number of carbonyl (C=O) groups is 1. The first-order valence-corrected chi connectivity index (χ1v) is 8.50. The van der Waals surface area contributed by atoms with Crippen LogP contribution in [0.25, 0.3) is 10.8 Å². The fourth-order valence-electron chi connectivity index (χ4n) is 2.67. The van der Waals surface area contributed by atoms with Crippen LogP contribution in [0.2, 0.25) is 0 Å². The van der Waals surface area contributed by atoms with Crippen LogP contribution in [0.1, 0.15) is 18.9 Å². The van der Waals surface area contributed by atoms with Crippen molar-refractivity contribution < 1.29 is 9.53 Å². The second kappa shape index (κ2) is 8.20. The highest BCUT2D eigenvalue weighted by Gasteiger charge is 2.03. The van der Waals surface area contributed by atoms with E-state index >= 15 is 0 Å². The van der Waals surface area contributed by atoms with Crippen molar-refractivity contribution in [3.05, 3.63) is 72.3 Å². The molecule has 0 aromatic heterocycles. The molecule has 3 aromatic rings. The minimum atomic E-state index is -0.294. The molecule has 128 valence electrons. The number of urea groups is 1. The molecule has 3 aromatic carbocycles. The van der Waals surface area contributed by atoms with Crippen LogP contribution in [0, 0.1) is 0 Å². The molecule has 0 atom stereocenters. The van der Waals surface area contributed by atoms with Crippen molar-refractivity contribution in [1.29, 1.82) is 0 Å². The third kappa shape index (κ3) is 4.73. The molecule has 0 spiro atoms. The van der Waals surface area contributed by atoms with Gasteiger partial charge in [-0.3, -0.25) is 0 Å². The number of hydrogen-bond donors (Lipinski definition) is 2. The minimum Gasteiger partial charge on any atom is -0.473 e. The molecular formula is C21H22N2O2. The largest absolute Gasteiger partial charge is 0.473 e. The van der Waals surface area contributed by atoms with Gasteiger partial charge in [0.15, 0.2) is 6.73 Å². The molecule has 0 fully saturated rings. The number of rotatable bonds is 6. The lowest BCUT2D eigenvalue weighted by Gasteiger charge is -2.10. The van der Waals surface area contributed by atoms with E-state index in [9.17, 15) is 4.79 Å². The van der Waals surface area contributed by atoms with Gasteiger partial charge < -0.3 is 15.4 Å². The number of hydrogen-bond acceptors (Lipinski definition) is 2. The molecule has 0 saturated carbocycles. The highest BCUT2D eigenvalue weighted by atomic mass is 16.5. The molecule has 2 amide bonds. The topological polar surface area (TPSA) is 50.4 Å². The second-order valence-electron chi connectivity index (χ2n) is 5.88. The summed E-state index contributed by atoms with van der Waals surface area (Å²) in [5.41, 5.74) is 2.04. The van der Waals surface area contributed by atoms with Crippen LogP contribution in [0.15, 0.2) is 66.7 Å². The van der Waals surface area contributed by atoms with Crippen LogP contribution in [0.4, 0.5) is 10.5 Å². The molecule has 0 aliphatic rings. The summed E-state index contributed by atoms with van der Waals surface area (Å²) in [7, 11) is 0. The highest BCUT2D eigenvalue weighted by molar-refractivity contribution is 5.93. The lowest BCUT2D eigenvalue weighted by molar-refractivity contribution is 0.234. The van der Waals surface area contributed by atoms with Crippen LogP contribution < -0.4 is 15.4 Å². The van der Waals surface area contributed by atoms with Gasteiger partial charge in [0.2, 0.25) is 0 Å². The molecule has 0 aliphatic carbocycles. The number of fused-ring (bicyclic) bond motifs is 1. The van der Waals surface area contributed by atoms with E-state index in [1.807, 2.05) is 66.7 Å². The van der Waals surface area contributed by atoms with Crippen LogP contribution in [0.5, 0.6) is 5.75 Å². The van der Waals surface area contributed by atoms with E-state index in [0.717, 1.165) is 35.1 Å². The van der Waals surface area contributed by atoms with Gasteiger partial charge in [-0.25, -0.2) is 4.79 Å². The fraction of sp³-hybridized carbons (Fsp3) is 0.190. The van der Waals surface area contributed by atoms with Gasteiger partial charge in [-0.1, -0.05) is 55.8 Å². The van der Waals surface area contributed by atoms with E-state index < -0.39 is 0 Å². The maximum atomic E-state index is 12.0. The normalized spacial score (nSPS) is 10.4. The van der Waals surface area contributed by atoms with E-state index in [4.69, 9.17) is 4.74 Å². The number of aryl methyl sites for hydroxylation is 1. The lowest BCUT2D eigenvalue weighted by atomic mass is 10.1. The Morgan fingerprint density at radius 2 is 1.72 bits per heavy atom. The molecule has 0 saturated heterocycles. The summed E-state index contributed by atoms with van der Waals surface area (Å²) < 4.78 is 5.55. The maximum Gasteiger partial charge on any atom is 0.321 e. The Balaban J connectivity index is 1.48. The Morgan fingerprint density at radius 3 is 2.48 bits per heavy atom. The summed E-state index contributed by atoms with van der Waals surface area (Å²) in [6, 6.07) is 21.5. The number of amides is 2. The van der Waals surface area contributed by atoms with E-state index in [2.05, 4.69) is 17.6 Å². The van der Waals surface area contributed by atoms with Crippen molar-refractivity contribution in [3.63, 3.8) is 0 Å². The van der Waals surface area contributed by atoms with Crippen molar-refractivity contribution in [2.75, 3.05) is 12.0 Å². The second-order valence-corrected chi connectivity index (χ2v) is 5.88. The standard InChI is InChI=1S/C21H22N2O2/c1-2-5-16-8-12-20(13-9-16)25-15-22-21(24)23-19-11-10-17-6-3-4-7-18(17)14-19/h3-4,6-14H,2,5,15H2,1H3,(H2,22,23,24). The summed E-state index contributed by atoms with van der Waals surface area (Å²) >= 11 is 0. The van der Waals surface area contributed by atoms with Crippen molar-refractivity contribution >= 4 is 22.5 Å². The monoisotopic (exact) mass is 334 g/mol. The Bertz CT molecular complexity index is 844. The fourth-order valence-corrected chi connectivity index (χ4v) is 2.67. The average Bonchev–Trinajstić information content (AvgIpc) is 2.63. The SMILES string of the molecule is CCCc1ccc(OCNC(=O)Nc2ccc3ccccc3c2)cc1. The molecule has 25 heavy (non-hydrogen) atoms. The summed E-state index contributed by atoms with van der Waals surface area (Å²) in [4.78, 5) is 12.0. The molecule has 0 aliphatic heterocycles. The van der Waals surface area contributed by atoms with Crippen LogP contribution in [0.3, 0.4) is 0 Å². The number of carbonyl (C=O) groups excluding carboxylic acids is 1. The zero-order valence-corrected chi connectivity index (χ0v) is 14.3. The predicted octanol–water partition coefficient (Wildman–Crippen LogP) is 4.95. The quantitative estimate of drug-likeness (QED) is 0.627. The molecule has 3 rings (SSSR count). The van der Waals surface area contributed by atoms with E-state index in [1.165, 1.54) is 5.56 Å². The third-order valence-electron chi connectivity index (χ3n) is 3.94. The minimum absolute atomic E-state index is 0.118. The third-order valence-corrected chi connectivity index (χ3v) is 3.94. The first-order chi connectivity index (χ1) is 12.2. The number of benzene rings is 3. The van der Waals surface area contributed by atoms with Gasteiger partial charge in [-0.2, -0.15) is 0 Å². The molecule has 0 unspecified atom stereocenters. The first-order valence-electron chi connectivity index (χ1n) is 8.50. The van der Waals surface area contributed by atoms with Gasteiger partial charge in [0, 0.05) is 5.69 Å². The van der Waals surface area contributed by atoms with Crippen LogP contribution in [-0.2, 0) is 6.42 Å². The van der Waals surface area contributed by atoms with Crippen molar-refractivity contribution in [2.24, 2.45) is 0 Å². The summed E-state index contributed by atoms with van der Waals surface area (Å²) in [6.45, 7) is 2.27. The van der Waals surface area contributed by atoms with Gasteiger partial charge in [0.25, 0.3) is 0 Å². The zero-order valence-electron chi connectivity index (χ0n) is 14.3. The molecule has 4 heteroatoms. The van der Waals surface area contributed by atoms with Crippen LogP contribution >= 0.6 is 0 Å². The van der Waals surface area contributed by atoms with Crippen LogP contribution in [-0.4, -0.2) is 12.8 Å². The molecule has 0 bridgehead atoms. The number of ether oxygens (including phenoxy) is 1. The van der Waals surface area contributed by atoms with Gasteiger partial charge >= 0.3 is 6.03 Å². The molecule has 0 heterocycles. The van der Waals surface area contributed by atoms with Gasteiger partial charge in [0.1, 0.15) is 5.75 Å². The summed E-state index contributed by atoms with van der Waals surface area (Å²) in [5, 5.41) is 7.74. The zero-order chi connectivity index (χ0) is 17.5. The lowest BCUT2D eigenvalue weighted by Crippen LogP contribution is -2.31. The van der Waals surface area contributed by atoms with Gasteiger partial charge in [0.05, 0.1) is 0 Å². The molecule has 0 radical (unpaired) electrons. The highest BCUT2D eigenvalue weighted by Crippen LogP contribution is 2.18. The Kier molecular flexibility index (Phi) is 5.52. The predicted molar refractivity (Wildman–Crippen MR) is 102 cm³/mol. The first kappa shape index (κ1) is 16.8. The van der Waals surface area contributed by atoms with Crippen molar-refractivity contribution in [2.45, 2.75) is 19.8 Å². The average molecular weight is 334 g/mol. The van der Waals surface area contributed by atoms with Crippen molar-refractivity contribution in [1.82, 2.24) is 5.32 Å². The Labute approximate surface area is 147 Å². The molecule has 2 N–H and O–H groups in total. The Morgan fingerprint density at radius 1 is 0.960 bits per heavy atom. The Hall–Kier alpha value is -3.01. The molecular weight excluding hydrogens is 312 g/mol. The molecule has 4 nitrogen and oxygen atoms in total. The number of anilines is 1. The van der Waals surface area contributed by atoms with Gasteiger partial charge in [-0.05, 0) is 47.0 Å².